The van der Waals surface area contributed by atoms with Crippen molar-refractivity contribution in [3.8, 4) is 38.4 Å². The molecule has 37 heteroatoms. The van der Waals surface area contributed by atoms with Gasteiger partial charge in [-0.15, -0.1) is 56.7 Å². The van der Waals surface area contributed by atoms with E-state index in [9.17, 15) is 29.8 Å². The Balaban J connectivity index is 0.905. The van der Waals surface area contributed by atoms with Gasteiger partial charge in [-0.3, -0.25) is 29.0 Å². The van der Waals surface area contributed by atoms with Crippen molar-refractivity contribution in [3.05, 3.63) is 112 Å². The van der Waals surface area contributed by atoms with E-state index in [0.717, 1.165) is 82.9 Å². The molecule has 3 fully saturated rings. The topological polar surface area (TPSA) is 394 Å². The van der Waals surface area contributed by atoms with Gasteiger partial charge in [0.25, 0.3) is 17.7 Å². The quantitative estimate of drug-likeness (QED) is 0.0436. The second-order valence-electron chi connectivity index (χ2n) is 25.3. The number of esters is 3. The minimum absolute atomic E-state index is 0.0138. The van der Waals surface area contributed by atoms with Gasteiger partial charge in [-0.05, 0) is 59.5 Å². The van der Waals surface area contributed by atoms with Crippen LogP contribution in [0.3, 0.4) is 0 Å². The molecule has 7 N–H and O–H groups in total. The zero-order valence-electron chi connectivity index (χ0n) is 55.6. The van der Waals surface area contributed by atoms with Gasteiger partial charge in [0, 0.05) is 82.6 Å². The molecule has 6 aliphatic rings. The van der Waals surface area contributed by atoms with Gasteiger partial charge in [-0.1, -0.05) is 12.1 Å². The van der Waals surface area contributed by atoms with Gasteiger partial charge in [0.1, 0.15) is 120 Å². The van der Waals surface area contributed by atoms with Crippen molar-refractivity contribution in [1.82, 2.24) is 70.6 Å². The molecule has 7 aromatic heterocycles. The van der Waals surface area contributed by atoms with E-state index in [4.69, 9.17) is 52.8 Å². The third-order valence-electron chi connectivity index (χ3n) is 18.5. The van der Waals surface area contributed by atoms with Crippen molar-refractivity contribution >= 4 is 115 Å². The Morgan fingerprint density at radius 2 is 1.51 bits per heavy atom. The number of rotatable bonds is 9. The zero-order valence-corrected chi connectivity index (χ0v) is 59.7. The number of pyridine rings is 1. The summed E-state index contributed by atoms with van der Waals surface area (Å²) in [5.74, 6) is -6.72. The van der Waals surface area contributed by atoms with Crippen molar-refractivity contribution in [1.29, 1.82) is 0 Å². The summed E-state index contributed by atoms with van der Waals surface area (Å²) in [7, 11) is 5.27. The van der Waals surface area contributed by atoms with Crippen molar-refractivity contribution in [3.63, 3.8) is 0 Å². The van der Waals surface area contributed by atoms with E-state index < -0.39 is 127 Å². The first kappa shape index (κ1) is 70.2. The van der Waals surface area contributed by atoms with Gasteiger partial charge in [-0.25, -0.2) is 44.3 Å². The fourth-order valence-electron chi connectivity index (χ4n) is 13.2. The second kappa shape index (κ2) is 28.8. The number of aromatic hydroxyl groups is 1. The molecule has 14 rings (SSSR count). The number of thiazole rings is 5. The number of fused-ring (bicyclic) bond motifs is 16. The molecule has 10 atom stereocenters. The first-order valence-electron chi connectivity index (χ1n) is 32.2. The molecule has 3 saturated heterocycles. The monoisotopic (exact) mass is 1490 g/mol. The van der Waals surface area contributed by atoms with Gasteiger partial charge in [-0.2, -0.15) is 4.73 Å². The second-order valence-corrected chi connectivity index (χ2v) is 29.7. The normalized spacial score (nSPS) is 25.6. The summed E-state index contributed by atoms with van der Waals surface area (Å²) in [5.41, 5.74) is -1.41. The molecule has 13 heterocycles. The summed E-state index contributed by atoms with van der Waals surface area (Å²) in [6, 6.07) is 1.30. The Kier molecular flexibility index (Phi) is 19.8. The molecule has 10 unspecified atom stereocenters. The summed E-state index contributed by atoms with van der Waals surface area (Å²) in [4.78, 5) is 138. The molecular formula is C65H68N14O18S5. The van der Waals surface area contributed by atoms with Crippen molar-refractivity contribution in [2.45, 2.75) is 108 Å². The number of aromatic nitrogens is 7. The first-order chi connectivity index (χ1) is 49.0. The summed E-state index contributed by atoms with van der Waals surface area (Å²) in [6.07, 6.45) is -6.69. The van der Waals surface area contributed by atoms with Crippen LogP contribution in [-0.4, -0.2) is 229 Å². The number of aliphatic hydroxyl groups is 1. The number of hydrogen-bond acceptors (Lipinski definition) is 32. The number of carbonyl (C=O) groups is 7. The van der Waals surface area contributed by atoms with Crippen LogP contribution >= 0.6 is 56.7 Å². The fourth-order valence-corrected chi connectivity index (χ4v) is 17.3. The molecule has 536 valence electrons. The Morgan fingerprint density at radius 3 is 2.28 bits per heavy atom. The molecular weight excluding hydrogens is 1430 g/mol. The fraction of sp³-hybridized carbons (Fsp3) is 0.431. The summed E-state index contributed by atoms with van der Waals surface area (Å²) < 4.78 is 50.7. The standard InChI is InChI=1S/C65H68N14O18S5/c1-28(80)44-56(85)74-45(29(2)90-7)59-69-38(25-100-59)55(84)75-48-50-51(97-42-18-65(4)52(30(3)96-42)77(6)27-95-65)64(88)93-19-31-9-8-10-40-43(31)33(20-92-50)49(79(40)89)63(87)94-21-34(66-53(82)36-24-101-61(48)70-36)58-67-35(22-99-58)46-32(57-68-37(23-98-57)54(83)73-44)17-41(81)47(72-46)60-71-39(26-102-60)62(86)91-16-15-78-13-11-76(5)12-14-78/h8-10,17,22-26,28,30,34,42,44,48,50-52,80-81,89H,11-16,18-21,27H2,1-7H3,(H,66,82)(H,73,83)(H,74,85)(H,75,84)/b45-29+. The van der Waals surface area contributed by atoms with Gasteiger partial charge < -0.3 is 79.5 Å². The van der Waals surface area contributed by atoms with E-state index in [1.807, 2.05) is 32.8 Å². The number of likely N-dealkylation sites (N-methyl/N-ethyl adjacent to an activating group) is 2. The van der Waals surface area contributed by atoms with Crippen LogP contribution in [0.2, 0.25) is 0 Å². The van der Waals surface area contributed by atoms with E-state index in [0.29, 0.717) is 16.8 Å². The van der Waals surface area contributed by atoms with Gasteiger partial charge in [0.15, 0.2) is 23.8 Å². The molecule has 32 nitrogen and oxygen atoms in total. The lowest BCUT2D eigenvalue weighted by molar-refractivity contribution is -0.268. The maximum atomic E-state index is 15.2. The molecule has 102 heavy (non-hydrogen) atoms. The number of carbonyl (C=O) groups excluding carboxylic acids is 7. The maximum Gasteiger partial charge on any atom is 0.358 e. The lowest BCUT2D eigenvalue weighted by atomic mass is 9.86. The van der Waals surface area contributed by atoms with Gasteiger partial charge >= 0.3 is 17.9 Å². The van der Waals surface area contributed by atoms with E-state index in [2.05, 4.69) is 46.0 Å². The van der Waals surface area contributed by atoms with Crippen LogP contribution in [0.4, 0.5) is 0 Å². The molecule has 0 aliphatic carbocycles. The predicted molar refractivity (Wildman–Crippen MR) is 366 cm³/mol. The molecule has 0 radical (unpaired) electrons. The van der Waals surface area contributed by atoms with Crippen LogP contribution in [0, 0.1) is 0 Å². The Morgan fingerprint density at radius 1 is 0.814 bits per heavy atom. The largest absolute Gasteiger partial charge is 0.506 e. The third kappa shape index (κ3) is 13.8. The number of piperazine rings is 1. The summed E-state index contributed by atoms with van der Waals surface area (Å²) >= 11 is 4.77. The van der Waals surface area contributed by atoms with Crippen LogP contribution in [0.15, 0.2) is 56.9 Å². The number of ether oxygens (including phenoxy) is 8. The number of nitrogens with zero attached hydrogens (tertiary/aromatic N) is 10. The third-order valence-corrected chi connectivity index (χ3v) is 22.9. The Hall–Kier alpha value is -8.83. The van der Waals surface area contributed by atoms with E-state index in [-0.39, 0.29) is 124 Å². The number of aliphatic hydroxyl groups excluding tert-OH is 1. The van der Waals surface area contributed by atoms with E-state index in [1.165, 1.54) is 54.6 Å². The van der Waals surface area contributed by atoms with Crippen molar-refractivity contribution in [2.24, 2.45) is 0 Å². The molecule has 6 aliphatic heterocycles. The number of hydrogen-bond donors (Lipinski definition) is 7. The Labute approximate surface area is 600 Å². The molecule has 0 saturated carbocycles. The highest BCUT2D eigenvalue weighted by Crippen LogP contribution is 2.44. The minimum atomic E-state index is -1.83. The van der Waals surface area contributed by atoms with E-state index in [1.54, 1.807) is 17.5 Å². The highest BCUT2D eigenvalue weighted by atomic mass is 32.1. The smallest absolute Gasteiger partial charge is 0.358 e. The number of nitrogens with one attached hydrogen (secondary N) is 4. The molecule has 8 aromatic rings. The summed E-state index contributed by atoms with van der Waals surface area (Å²) in [6.45, 7) is 9.20. The summed E-state index contributed by atoms with van der Waals surface area (Å²) in [5, 5.41) is 54.3. The average molecular weight is 1490 g/mol. The molecule has 1 aromatic carbocycles. The van der Waals surface area contributed by atoms with Crippen LogP contribution in [-0.2, 0) is 60.7 Å². The van der Waals surface area contributed by atoms with Gasteiger partial charge in [0.05, 0.1) is 49.8 Å². The number of cyclic esters (lactones) is 2. The number of methoxy groups -OCH3 is 1. The maximum absolute atomic E-state index is 15.2. The van der Waals surface area contributed by atoms with Gasteiger partial charge in [0.2, 0.25) is 5.91 Å². The highest BCUT2D eigenvalue weighted by Gasteiger charge is 2.54. The lowest BCUT2D eigenvalue weighted by Gasteiger charge is -2.45. The predicted octanol–water partition coefficient (Wildman–Crippen LogP) is 4.93. The van der Waals surface area contributed by atoms with E-state index >= 15 is 19.2 Å². The Bertz CT molecular complexity index is 4650. The average Bonchev–Trinajstić information content (AvgIpc) is 1.59. The molecule has 12 bridgehead atoms. The first-order valence-corrected chi connectivity index (χ1v) is 36.6. The SMILES string of the molecule is CO/C(C)=C1/NC(=O)C(C(C)O)NC(=O)c2csc(n2)-c2cc(O)c(-c3nc(C(=O)OCCN4CCN(C)CC4)cs3)nc2-c2csc(n2)C2COC(=O)c3c4c5c(cccc5n3O)COC(=O)C(OC3CC5(C)OCN(C)C5C(C)O3)C(OC4)C(NC(=O)c3csc1n3)c1nc(cs1)C(=O)N2. The zero-order chi connectivity index (χ0) is 71.6. The number of allylic oxidation sites excluding steroid dienone is 1. The number of amides is 4. The highest BCUT2D eigenvalue weighted by molar-refractivity contribution is 7.14. The molecule has 4 amide bonds. The minimum Gasteiger partial charge on any atom is -0.506 e. The van der Waals surface area contributed by atoms with Crippen LogP contribution in [0.25, 0.3) is 49.3 Å². The van der Waals surface area contributed by atoms with Crippen LogP contribution in [0.1, 0.15) is 125 Å². The number of benzene rings is 1. The lowest BCUT2D eigenvalue weighted by Crippen LogP contribution is -2.58. The molecule has 0 spiro atoms. The van der Waals surface area contributed by atoms with Crippen LogP contribution < -0.4 is 21.3 Å². The van der Waals surface area contributed by atoms with Crippen LogP contribution in [0.5, 0.6) is 5.75 Å². The van der Waals surface area contributed by atoms with Crippen molar-refractivity contribution in [2.75, 3.05) is 73.9 Å². The van der Waals surface area contributed by atoms with Crippen molar-refractivity contribution < 1.29 is 86.9 Å².